The molecule has 2 heterocycles. The average molecular weight is 382 g/mol. The van der Waals surface area contributed by atoms with E-state index < -0.39 is 14.9 Å². The van der Waals surface area contributed by atoms with E-state index in [0.29, 0.717) is 13.1 Å². The Balaban J connectivity index is 0.00000192. The number of rotatable bonds is 3. The second kappa shape index (κ2) is 6.52. The lowest BCUT2D eigenvalue weighted by Gasteiger charge is -2.22. The number of benzene rings is 1. The van der Waals surface area contributed by atoms with Crippen LogP contribution < -0.4 is 5.32 Å². The lowest BCUT2D eigenvalue weighted by atomic mass is 9.87. The Morgan fingerprint density at radius 2 is 2.09 bits per heavy atom. The van der Waals surface area contributed by atoms with Crippen LogP contribution in [0.2, 0.25) is 5.02 Å². The molecule has 0 aliphatic carbocycles. The summed E-state index contributed by atoms with van der Waals surface area (Å²) in [6.07, 6.45) is 1.79. The van der Waals surface area contributed by atoms with Crippen LogP contribution in [0.4, 0.5) is 5.69 Å². The molecule has 2 aliphatic rings. The van der Waals surface area contributed by atoms with Gasteiger partial charge in [-0.05, 0) is 30.9 Å². The highest BCUT2D eigenvalue weighted by Crippen LogP contribution is 2.39. The summed E-state index contributed by atoms with van der Waals surface area (Å²) in [5.41, 5.74) is -0.206. The Morgan fingerprint density at radius 1 is 1.35 bits per heavy atom. The summed E-state index contributed by atoms with van der Waals surface area (Å²) < 4.78 is 26.9. The maximum atomic E-state index is 12.7. The Bertz CT molecular complexity index is 720. The molecule has 2 fully saturated rings. The normalized spacial score (nSPS) is 24.7. The van der Waals surface area contributed by atoms with Gasteiger partial charge >= 0.3 is 0 Å². The fourth-order valence-electron chi connectivity index (χ4n) is 3.19. The van der Waals surface area contributed by atoms with Gasteiger partial charge in [0, 0.05) is 31.8 Å². The quantitative estimate of drug-likeness (QED) is 0.638. The second-order valence-corrected chi connectivity index (χ2v) is 8.20. The summed E-state index contributed by atoms with van der Waals surface area (Å²) in [5, 5.41) is 13.9. The summed E-state index contributed by atoms with van der Waals surface area (Å²) in [5.74, 6) is 0. The van der Waals surface area contributed by atoms with Gasteiger partial charge < -0.3 is 5.32 Å². The number of hydrogen-bond acceptors (Lipinski definition) is 5. The largest absolute Gasteiger partial charge is 0.316 e. The minimum Gasteiger partial charge on any atom is -0.316 e. The standard InChI is InChI=1S/C13H16ClN3O4S.ClH/c14-11-7-10(17(18)19)1-2-12(11)22(20,21)16-6-4-13(9-16)3-5-15-8-13;/h1-2,7,15H,3-6,8-9H2;1H. The number of sulfonamides is 1. The maximum Gasteiger partial charge on any atom is 0.271 e. The van der Waals surface area contributed by atoms with E-state index in [1.807, 2.05) is 0 Å². The molecule has 3 rings (SSSR count). The predicted octanol–water partition coefficient (Wildman–Crippen LogP) is 2.04. The van der Waals surface area contributed by atoms with Crippen molar-refractivity contribution < 1.29 is 13.3 Å². The van der Waals surface area contributed by atoms with Crippen LogP contribution >= 0.6 is 24.0 Å². The second-order valence-electron chi connectivity index (χ2n) is 5.89. The summed E-state index contributed by atoms with van der Waals surface area (Å²) in [6.45, 7) is 2.66. The van der Waals surface area contributed by atoms with Gasteiger partial charge in [-0.15, -0.1) is 12.4 Å². The highest BCUT2D eigenvalue weighted by molar-refractivity contribution is 7.89. The zero-order valence-electron chi connectivity index (χ0n) is 12.2. The Hall–Kier alpha value is -0.930. The van der Waals surface area contributed by atoms with Crippen LogP contribution in [0, 0.1) is 15.5 Å². The number of nitro groups is 1. The van der Waals surface area contributed by atoms with E-state index >= 15 is 0 Å². The van der Waals surface area contributed by atoms with Crippen molar-refractivity contribution in [3.8, 4) is 0 Å². The lowest BCUT2D eigenvalue weighted by Crippen LogP contribution is -2.33. The molecule has 0 bridgehead atoms. The zero-order chi connectivity index (χ0) is 16.0. The molecule has 0 radical (unpaired) electrons. The fraction of sp³-hybridized carbons (Fsp3) is 0.538. The molecule has 1 unspecified atom stereocenters. The van der Waals surface area contributed by atoms with Gasteiger partial charge in [0.25, 0.3) is 5.69 Å². The van der Waals surface area contributed by atoms with Crippen molar-refractivity contribution in [1.29, 1.82) is 0 Å². The van der Waals surface area contributed by atoms with Crippen LogP contribution in [-0.4, -0.2) is 43.8 Å². The molecule has 1 spiro atoms. The highest BCUT2D eigenvalue weighted by Gasteiger charge is 2.44. The van der Waals surface area contributed by atoms with Gasteiger partial charge in [-0.1, -0.05) is 11.6 Å². The highest BCUT2D eigenvalue weighted by atomic mass is 35.5. The third-order valence-electron chi connectivity index (χ3n) is 4.48. The van der Waals surface area contributed by atoms with Gasteiger partial charge in [0.2, 0.25) is 10.0 Å². The third kappa shape index (κ3) is 3.32. The predicted molar refractivity (Wildman–Crippen MR) is 88.6 cm³/mol. The van der Waals surface area contributed by atoms with E-state index in [9.17, 15) is 18.5 Å². The minimum atomic E-state index is -3.72. The molecule has 2 saturated heterocycles. The van der Waals surface area contributed by atoms with Gasteiger partial charge in [-0.25, -0.2) is 8.42 Å². The molecule has 1 aromatic rings. The third-order valence-corrected chi connectivity index (χ3v) is 6.81. The first-order chi connectivity index (χ1) is 10.3. The van der Waals surface area contributed by atoms with Gasteiger partial charge in [0.1, 0.15) is 4.90 Å². The first-order valence-electron chi connectivity index (χ1n) is 6.99. The number of nitrogens with zero attached hydrogens (tertiary/aromatic N) is 2. The first kappa shape index (κ1) is 18.4. The topological polar surface area (TPSA) is 92.5 Å². The van der Waals surface area contributed by atoms with E-state index in [0.717, 1.165) is 32.0 Å². The molecule has 0 saturated carbocycles. The fourth-order valence-corrected chi connectivity index (χ4v) is 5.26. The molecule has 10 heteroatoms. The van der Waals surface area contributed by atoms with E-state index in [1.54, 1.807) is 0 Å². The average Bonchev–Trinajstić information content (AvgIpc) is 3.09. The van der Waals surface area contributed by atoms with Crippen LogP contribution in [0.3, 0.4) is 0 Å². The number of hydrogen-bond donors (Lipinski definition) is 1. The molecule has 1 N–H and O–H groups in total. The van der Waals surface area contributed by atoms with Crippen LogP contribution in [0.25, 0.3) is 0 Å². The maximum absolute atomic E-state index is 12.7. The first-order valence-corrected chi connectivity index (χ1v) is 8.81. The monoisotopic (exact) mass is 381 g/mol. The number of nitro benzene ring substituents is 1. The molecule has 7 nitrogen and oxygen atoms in total. The van der Waals surface area contributed by atoms with Crippen LogP contribution in [0.1, 0.15) is 12.8 Å². The van der Waals surface area contributed by atoms with Gasteiger partial charge in [-0.3, -0.25) is 10.1 Å². The smallest absolute Gasteiger partial charge is 0.271 e. The molecular weight excluding hydrogens is 365 g/mol. The molecule has 1 aromatic carbocycles. The van der Waals surface area contributed by atoms with Crippen molar-refractivity contribution in [1.82, 2.24) is 9.62 Å². The number of non-ortho nitro benzene ring substituents is 1. The van der Waals surface area contributed by atoms with E-state index in [4.69, 9.17) is 11.6 Å². The van der Waals surface area contributed by atoms with Crippen molar-refractivity contribution in [2.24, 2.45) is 5.41 Å². The summed E-state index contributed by atoms with van der Waals surface area (Å²) in [4.78, 5) is 10.1. The Morgan fingerprint density at radius 3 is 2.65 bits per heavy atom. The van der Waals surface area contributed by atoms with Gasteiger partial charge in [0.15, 0.2) is 0 Å². The molecular formula is C13H17Cl2N3O4S. The van der Waals surface area contributed by atoms with Crippen molar-refractivity contribution in [2.75, 3.05) is 26.2 Å². The summed E-state index contributed by atoms with van der Waals surface area (Å²) >= 11 is 5.96. The molecule has 0 aromatic heterocycles. The SMILES string of the molecule is Cl.O=[N+]([O-])c1ccc(S(=O)(=O)N2CCC3(CCNC3)C2)c(Cl)c1. The van der Waals surface area contributed by atoms with E-state index in [1.165, 1.54) is 16.4 Å². The van der Waals surface area contributed by atoms with Crippen molar-refractivity contribution in [3.05, 3.63) is 33.3 Å². The Kier molecular flexibility index (Phi) is 5.22. The van der Waals surface area contributed by atoms with Crippen molar-refractivity contribution in [2.45, 2.75) is 17.7 Å². The minimum absolute atomic E-state index is 0. The molecule has 0 amide bonds. The molecule has 2 aliphatic heterocycles. The summed E-state index contributed by atoms with van der Waals surface area (Å²) in [7, 11) is -3.72. The zero-order valence-corrected chi connectivity index (χ0v) is 14.6. The van der Waals surface area contributed by atoms with E-state index in [2.05, 4.69) is 5.32 Å². The molecule has 1 atom stereocenters. The summed E-state index contributed by atoms with van der Waals surface area (Å²) in [6, 6.07) is 3.47. The lowest BCUT2D eigenvalue weighted by molar-refractivity contribution is -0.384. The van der Waals surface area contributed by atoms with Crippen LogP contribution in [-0.2, 0) is 10.0 Å². The van der Waals surface area contributed by atoms with E-state index in [-0.39, 0.29) is 33.4 Å². The Labute approximate surface area is 145 Å². The number of nitrogens with one attached hydrogen (secondary N) is 1. The van der Waals surface area contributed by atoms with Crippen LogP contribution in [0.5, 0.6) is 0 Å². The molecule has 23 heavy (non-hydrogen) atoms. The molecule has 128 valence electrons. The number of halogens is 2. The van der Waals surface area contributed by atoms with Crippen LogP contribution in [0.15, 0.2) is 23.1 Å². The van der Waals surface area contributed by atoms with Gasteiger partial charge in [0.05, 0.1) is 9.95 Å². The van der Waals surface area contributed by atoms with Crippen molar-refractivity contribution >= 4 is 39.7 Å². The van der Waals surface area contributed by atoms with Crippen molar-refractivity contribution in [3.63, 3.8) is 0 Å². The van der Waals surface area contributed by atoms with Gasteiger partial charge in [-0.2, -0.15) is 4.31 Å².